The van der Waals surface area contributed by atoms with Gasteiger partial charge in [-0.25, -0.2) is 0 Å². The fourth-order valence-electron chi connectivity index (χ4n) is 9.32. The minimum atomic E-state index is -1.22. The molecule has 0 radical (unpaired) electrons. The summed E-state index contributed by atoms with van der Waals surface area (Å²) in [5.74, 6) is -1.68. The van der Waals surface area contributed by atoms with Crippen molar-refractivity contribution >= 4 is 23.5 Å². The monoisotopic (exact) mass is 571 g/mol. The number of nitrogens with zero attached hydrogens (tertiary/aromatic N) is 2. The van der Waals surface area contributed by atoms with Crippen LogP contribution in [-0.4, -0.2) is 80.9 Å². The number of anilines is 1. The highest BCUT2D eigenvalue weighted by atomic mass is 16.5. The van der Waals surface area contributed by atoms with Gasteiger partial charge in [-0.2, -0.15) is 0 Å². The third-order valence-corrected chi connectivity index (χ3v) is 10.7. The Morgan fingerprint density at radius 1 is 1.10 bits per heavy atom. The fraction of sp³-hybridized carbons (Fsp3) is 0.469. The molecule has 10 nitrogen and oxygen atoms in total. The van der Waals surface area contributed by atoms with Crippen LogP contribution in [0, 0.1) is 11.8 Å². The lowest BCUT2D eigenvalue weighted by atomic mass is 9.52. The van der Waals surface area contributed by atoms with E-state index in [9.17, 15) is 14.4 Å². The van der Waals surface area contributed by atoms with Gasteiger partial charge in [0.2, 0.25) is 11.8 Å². The van der Waals surface area contributed by atoms with E-state index >= 15 is 0 Å². The van der Waals surface area contributed by atoms with Crippen molar-refractivity contribution in [3.05, 3.63) is 65.2 Å². The molecular weight excluding hydrogens is 538 g/mol. The molecule has 6 aliphatic rings. The highest BCUT2D eigenvalue weighted by Crippen LogP contribution is 2.67. The molecule has 2 aromatic carbocycles. The fourth-order valence-corrected chi connectivity index (χ4v) is 9.32. The number of hydrogen-bond acceptors (Lipinski definition) is 8. The minimum Gasteiger partial charge on any atom is -0.493 e. The Balaban J connectivity index is 1.31. The van der Waals surface area contributed by atoms with Gasteiger partial charge in [0.25, 0.3) is 0 Å². The maximum absolute atomic E-state index is 14.0. The number of primary amides is 1. The molecule has 5 heterocycles. The number of methoxy groups -OCH3 is 2. The van der Waals surface area contributed by atoms with Crippen molar-refractivity contribution in [1.29, 1.82) is 0 Å². The quantitative estimate of drug-likeness (QED) is 0.317. The molecule has 1 spiro atoms. The van der Waals surface area contributed by atoms with Crippen LogP contribution in [0.5, 0.6) is 11.5 Å². The maximum atomic E-state index is 14.0. The number of fused-ring (bicyclic) bond motifs is 2. The Morgan fingerprint density at radius 2 is 1.86 bits per heavy atom. The van der Waals surface area contributed by atoms with E-state index in [1.54, 1.807) is 38.5 Å². The zero-order chi connectivity index (χ0) is 28.9. The third-order valence-electron chi connectivity index (χ3n) is 10.7. The predicted octanol–water partition coefficient (Wildman–Crippen LogP) is 1.90. The first-order valence-electron chi connectivity index (χ1n) is 14.6. The van der Waals surface area contributed by atoms with E-state index in [0.29, 0.717) is 23.7 Å². The van der Waals surface area contributed by atoms with Crippen molar-refractivity contribution in [2.24, 2.45) is 17.6 Å². The summed E-state index contributed by atoms with van der Waals surface area (Å²) in [6.07, 6.45) is 2.26. The molecule has 8 rings (SSSR count). The van der Waals surface area contributed by atoms with Crippen molar-refractivity contribution < 1.29 is 33.3 Å². The first kappa shape index (κ1) is 25.8. The zero-order valence-electron chi connectivity index (χ0n) is 23.5. The summed E-state index contributed by atoms with van der Waals surface area (Å²) in [5.41, 5.74) is 8.79. The van der Waals surface area contributed by atoms with E-state index in [-0.39, 0.29) is 42.4 Å². The number of carbonyl (C=O) groups is 3. The second-order valence-corrected chi connectivity index (χ2v) is 12.2. The summed E-state index contributed by atoms with van der Waals surface area (Å²) in [4.78, 5) is 44.9. The maximum Gasteiger partial charge on any atom is 0.323 e. The molecule has 10 heteroatoms. The molecule has 1 saturated carbocycles. The predicted molar refractivity (Wildman–Crippen MR) is 150 cm³/mol. The van der Waals surface area contributed by atoms with Crippen molar-refractivity contribution in [3.8, 4) is 11.5 Å². The van der Waals surface area contributed by atoms with E-state index in [4.69, 9.17) is 24.7 Å². The van der Waals surface area contributed by atoms with Gasteiger partial charge in [-0.1, -0.05) is 42.0 Å². The van der Waals surface area contributed by atoms with Gasteiger partial charge >= 0.3 is 5.97 Å². The van der Waals surface area contributed by atoms with Crippen LogP contribution >= 0.6 is 0 Å². The van der Waals surface area contributed by atoms with Crippen LogP contribution in [0.3, 0.4) is 0 Å². The minimum absolute atomic E-state index is 0.0277. The number of benzene rings is 2. The second kappa shape index (κ2) is 9.05. The number of rotatable bonds is 6. The highest BCUT2D eigenvalue weighted by molar-refractivity contribution is 6.03. The van der Waals surface area contributed by atoms with Gasteiger partial charge in [0.1, 0.15) is 6.10 Å². The first-order valence-corrected chi connectivity index (χ1v) is 14.6. The van der Waals surface area contributed by atoms with Crippen LogP contribution in [0.2, 0.25) is 0 Å². The van der Waals surface area contributed by atoms with Gasteiger partial charge in [-0.3, -0.25) is 19.3 Å². The molecule has 42 heavy (non-hydrogen) atoms. The van der Waals surface area contributed by atoms with Gasteiger partial charge in [0.15, 0.2) is 17.4 Å². The SMILES string of the molecule is COc1cc2c(cc1OC)[C@@]13CCN4CC5=CCO[C@H]6CC(=O)N2[C@H]1[C@H]6[C@H]5C(OC(=O)C(C(N)=O)c1ccccc1)[C@H]43. The van der Waals surface area contributed by atoms with Crippen LogP contribution < -0.4 is 20.1 Å². The molecular formula is C32H33N3O7. The van der Waals surface area contributed by atoms with E-state index in [1.807, 2.05) is 23.1 Å². The lowest BCUT2D eigenvalue weighted by Gasteiger charge is -2.61. The second-order valence-electron chi connectivity index (χ2n) is 12.2. The summed E-state index contributed by atoms with van der Waals surface area (Å²) in [7, 11) is 3.20. The Morgan fingerprint density at radius 3 is 2.60 bits per heavy atom. The van der Waals surface area contributed by atoms with Crippen LogP contribution in [0.1, 0.15) is 29.9 Å². The molecule has 0 aromatic heterocycles. The van der Waals surface area contributed by atoms with Gasteiger partial charge in [-0.15, -0.1) is 0 Å². The van der Waals surface area contributed by atoms with Gasteiger partial charge < -0.3 is 29.6 Å². The summed E-state index contributed by atoms with van der Waals surface area (Å²) in [5, 5.41) is 0. The van der Waals surface area contributed by atoms with Crippen molar-refractivity contribution in [2.75, 3.05) is 38.8 Å². The summed E-state index contributed by atoms with van der Waals surface area (Å²) in [6.45, 7) is 1.94. The van der Waals surface area contributed by atoms with E-state index in [0.717, 1.165) is 30.8 Å². The van der Waals surface area contributed by atoms with Gasteiger partial charge in [-0.05, 0) is 30.2 Å². The first-order chi connectivity index (χ1) is 20.4. The van der Waals surface area contributed by atoms with E-state index in [2.05, 4.69) is 11.0 Å². The van der Waals surface area contributed by atoms with Crippen LogP contribution in [-0.2, 0) is 29.3 Å². The molecule has 3 saturated heterocycles. The normalized spacial score (nSPS) is 34.2. The van der Waals surface area contributed by atoms with E-state index < -0.39 is 29.3 Å². The van der Waals surface area contributed by atoms with Crippen molar-refractivity contribution in [2.45, 2.75) is 48.5 Å². The molecule has 8 atom stereocenters. The molecule has 218 valence electrons. The Kier molecular flexibility index (Phi) is 5.56. The average molecular weight is 572 g/mol. The Bertz CT molecular complexity index is 1540. The summed E-state index contributed by atoms with van der Waals surface area (Å²) < 4.78 is 24.3. The topological polar surface area (TPSA) is 121 Å². The summed E-state index contributed by atoms with van der Waals surface area (Å²) in [6, 6.07) is 12.4. The van der Waals surface area contributed by atoms with Crippen molar-refractivity contribution in [3.63, 3.8) is 0 Å². The molecule has 2 N–H and O–H groups in total. The van der Waals surface area contributed by atoms with Crippen LogP contribution in [0.25, 0.3) is 0 Å². The highest BCUT2D eigenvalue weighted by Gasteiger charge is 2.75. The number of ether oxygens (including phenoxy) is 4. The van der Waals surface area contributed by atoms with E-state index in [1.165, 1.54) is 5.57 Å². The molecule has 1 aliphatic carbocycles. The number of amides is 2. The standard InChI is InChI=1S/C32H33N3O7/c1-39-20-12-18-19(13-21(20)40-2)35-23(36)14-22-26-24-17(8-11-41-22)15-34-10-9-32(18,28(26)35)29(34)27(24)42-31(38)25(30(33)37)16-6-4-3-5-7-16/h3-8,12-13,22,24-29H,9-11,14-15H2,1-2H3,(H2,33,37)/t22-,24-,25?,26+,27?,28-,29-,32-/m0/s1. The molecule has 2 unspecified atom stereocenters. The Labute approximate surface area is 243 Å². The lowest BCUT2D eigenvalue weighted by Crippen LogP contribution is -2.74. The number of nitrogens with two attached hydrogens (primary N) is 1. The number of piperidine rings is 2. The number of carbonyl (C=O) groups excluding carboxylic acids is 3. The molecule has 2 bridgehead atoms. The van der Waals surface area contributed by atoms with Gasteiger partial charge in [0, 0.05) is 29.9 Å². The lowest BCUT2D eigenvalue weighted by molar-refractivity contribution is -0.176. The van der Waals surface area contributed by atoms with Crippen LogP contribution in [0.15, 0.2) is 54.1 Å². The number of hydrogen-bond donors (Lipinski definition) is 1. The van der Waals surface area contributed by atoms with Crippen LogP contribution in [0.4, 0.5) is 5.69 Å². The van der Waals surface area contributed by atoms with Crippen molar-refractivity contribution in [1.82, 2.24) is 4.90 Å². The Hall–Kier alpha value is -3.89. The third kappa shape index (κ3) is 3.19. The largest absolute Gasteiger partial charge is 0.493 e. The van der Waals surface area contributed by atoms with Gasteiger partial charge in [0.05, 0.1) is 51.1 Å². The molecule has 4 fully saturated rings. The molecule has 5 aliphatic heterocycles. The smallest absolute Gasteiger partial charge is 0.323 e. The zero-order valence-corrected chi connectivity index (χ0v) is 23.5. The average Bonchev–Trinajstić information content (AvgIpc) is 3.44. The molecule has 2 aromatic rings. The number of esters is 1. The molecule has 2 amide bonds. The summed E-state index contributed by atoms with van der Waals surface area (Å²) >= 11 is 0.